The zero-order valence-electron chi connectivity index (χ0n) is 18.8. The smallest absolute Gasteiger partial charge is 0.254 e. The van der Waals surface area contributed by atoms with Crippen molar-refractivity contribution in [2.24, 2.45) is 0 Å². The maximum absolute atomic E-state index is 13.1. The molecule has 33 heavy (non-hydrogen) atoms. The summed E-state index contributed by atoms with van der Waals surface area (Å²) in [7, 11) is 0. The molecule has 1 aromatic heterocycles. The van der Waals surface area contributed by atoms with Crippen molar-refractivity contribution >= 4 is 11.6 Å². The van der Waals surface area contributed by atoms with Gasteiger partial charge in [-0.05, 0) is 65.4 Å². The van der Waals surface area contributed by atoms with Crippen molar-refractivity contribution < 1.29 is 9.90 Å². The Morgan fingerprint density at radius 3 is 2.58 bits per heavy atom. The third kappa shape index (κ3) is 5.07. The van der Waals surface area contributed by atoms with Gasteiger partial charge in [-0.3, -0.25) is 14.7 Å². The first-order chi connectivity index (χ1) is 16.2. The standard InChI is InChI=1S/C27H30N4O2/c32-25(18-30-13-9-21-3-1-2-4-23(21)17-30)19-31-14-10-22-15-24(5-6-26(22)27(31)33)29-16-20-7-11-28-12-8-20/h1-8,11-12,15,25,29,32H,9-10,13-14,16-19H2/t25-/m1/s1. The Bertz CT molecular complexity index is 1120. The average Bonchev–Trinajstić information content (AvgIpc) is 2.85. The zero-order chi connectivity index (χ0) is 22.6. The molecule has 0 spiro atoms. The Morgan fingerprint density at radius 1 is 0.939 bits per heavy atom. The highest BCUT2D eigenvalue weighted by Crippen LogP contribution is 2.24. The van der Waals surface area contributed by atoms with Crippen LogP contribution in [0.2, 0.25) is 0 Å². The predicted molar refractivity (Wildman–Crippen MR) is 129 cm³/mol. The van der Waals surface area contributed by atoms with Crippen LogP contribution in [-0.4, -0.2) is 58.1 Å². The summed E-state index contributed by atoms with van der Waals surface area (Å²) in [6.07, 6.45) is 4.83. The van der Waals surface area contributed by atoms with Crippen LogP contribution in [-0.2, 0) is 25.9 Å². The summed E-state index contributed by atoms with van der Waals surface area (Å²) in [6, 6.07) is 18.4. The van der Waals surface area contributed by atoms with Crippen LogP contribution in [0.25, 0.3) is 0 Å². The molecule has 2 aliphatic heterocycles. The first-order valence-corrected chi connectivity index (χ1v) is 11.7. The number of amides is 1. The van der Waals surface area contributed by atoms with Crippen molar-refractivity contribution in [2.45, 2.75) is 32.0 Å². The number of rotatable bonds is 7. The highest BCUT2D eigenvalue weighted by molar-refractivity contribution is 5.97. The van der Waals surface area contributed by atoms with Gasteiger partial charge in [-0.2, -0.15) is 0 Å². The lowest BCUT2D eigenvalue weighted by Gasteiger charge is -2.34. The number of carbonyl (C=O) groups is 1. The van der Waals surface area contributed by atoms with Crippen molar-refractivity contribution in [1.82, 2.24) is 14.8 Å². The number of hydrogen-bond donors (Lipinski definition) is 2. The van der Waals surface area contributed by atoms with Crippen LogP contribution in [0.1, 0.15) is 32.6 Å². The van der Waals surface area contributed by atoms with Crippen molar-refractivity contribution in [2.75, 3.05) is 31.5 Å². The van der Waals surface area contributed by atoms with Gasteiger partial charge in [-0.25, -0.2) is 0 Å². The van der Waals surface area contributed by atoms with Crippen molar-refractivity contribution in [3.05, 3.63) is 94.8 Å². The first-order valence-electron chi connectivity index (χ1n) is 11.7. The number of anilines is 1. The number of fused-ring (bicyclic) bond motifs is 2. The van der Waals surface area contributed by atoms with E-state index in [1.165, 1.54) is 11.1 Å². The van der Waals surface area contributed by atoms with Crippen molar-refractivity contribution in [1.29, 1.82) is 0 Å². The molecule has 170 valence electrons. The molecule has 0 fully saturated rings. The molecule has 5 rings (SSSR count). The Balaban J connectivity index is 1.16. The van der Waals surface area contributed by atoms with Gasteiger partial charge in [-0.15, -0.1) is 0 Å². The van der Waals surface area contributed by atoms with E-state index in [2.05, 4.69) is 45.5 Å². The number of aliphatic hydroxyl groups is 1. The van der Waals surface area contributed by atoms with E-state index in [9.17, 15) is 9.90 Å². The molecule has 0 saturated carbocycles. The summed E-state index contributed by atoms with van der Waals surface area (Å²) in [4.78, 5) is 21.2. The molecular weight excluding hydrogens is 412 g/mol. The van der Waals surface area contributed by atoms with Gasteiger partial charge in [-0.1, -0.05) is 24.3 Å². The second-order valence-corrected chi connectivity index (χ2v) is 8.99. The van der Waals surface area contributed by atoms with Gasteiger partial charge in [0.1, 0.15) is 0 Å². The van der Waals surface area contributed by atoms with E-state index in [1.54, 1.807) is 17.3 Å². The zero-order valence-corrected chi connectivity index (χ0v) is 18.8. The quantitative estimate of drug-likeness (QED) is 0.589. The molecule has 3 aromatic rings. The molecule has 2 aromatic carbocycles. The van der Waals surface area contributed by atoms with Crippen LogP contribution in [0.4, 0.5) is 5.69 Å². The fourth-order valence-electron chi connectivity index (χ4n) is 4.85. The van der Waals surface area contributed by atoms with E-state index in [0.717, 1.165) is 48.3 Å². The molecule has 6 nitrogen and oxygen atoms in total. The fourth-order valence-corrected chi connectivity index (χ4v) is 4.85. The number of nitrogens with one attached hydrogen (secondary N) is 1. The summed E-state index contributed by atoms with van der Waals surface area (Å²) >= 11 is 0. The summed E-state index contributed by atoms with van der Waals surface area (Å²) in [5.74, 6) is 0.0139. The Kier molecular flexibility index (Phi) is 6.37. The van der Waals surface area contributed by atoms with Gasteiger partial charge in [0.05, 0.1) is 6.10 Å². The SMILES string of the molecule is O=C1c2ccc(NCc3ccncc3)cc2CCN1C[C@H](O)CN1CCc2ccccc2C1. The van der Waals surface area contributed by atoms with E-state index < -0.39 is 6.10 Å². The number of aromatic nitrogens is 1. The maximum atomic E-state index is 13.1. The van der Waals surface area contributed by atoms with Crippen LogP contribution in [0, 0.1) is 0 Å². The lowest BCUT2D eigenvalue weighted by molar-refractivity contribution is 0.0493. The third-order valence-corrected chi connectivity index (χ3v) is 6.63. The van der Waals surface area contributed by atoms with Crippen LogP contribution >= 0.6 is 0 Å². The predicted octanol–water partition coefficient (Wildman–Crippen LogP) is 3.11. The average molecular weight is 443 g/mol. The van der Waals surface area contributed by atoms with Gasteiger partial charge in [0, 0.05) is 62.9 Å². The molecule has 1 amide bonds. The molecule has 0 saturated heterocycles. The minimum Gasteiger partial charge on any atom is -0.390 e. The molecule has 1 atom stereocenters. The van der Waals surface area contributed by atoms with E-state index in [-0.39, 0.29) is 5.91 Å². The van der Waals surface area contributed by atoms with E-state index in [4.69, 9.17) is 0 Å². The lowest BCUT2D eigenvalue weighted by Crippen LogP contribution is -2.46. The number of carbonyl (C=O) groups excluding carboxylic acids is 1. The molecule has 0 radical (unpaired) electrons. The van der Waals surface area contributed by atoms with Crippen LogP contribution in [0.3, 0.4) is 0 Å². The second kappa shape index (κ2) is 9.73. The van der Waals surface area contributed by atoms with E-state index >= 15 is 0 Å². The van der Waals surface area contributed by atoms with Gasteiger partial charge in [0.15, 0.2) is 0 Å². The molecule has 3 heterocycles. The van der Waals surface area contributed by atoms with Gasteiger partial charge < -0.3 is 15.3 Å². The minimum atomic E-state index is -0.554. The summed E-state index contributed by atoms with van der Waals surface area (Å²) in [5.41, 5.74) is 6.73. The number of hydrogen-bond acceptors (Lipinski definition) is 5. The summed E-state index contributed by atoms with van der Waals surface area (Å²) in [5, 5.41) is 14.2. The van der Waals surface area contributed by atoms with Gasteiger partial charge >= 0.3 is 0 Å². The van der Waals surface area contributed by atoms with Crippen LogP contribution in [0.5, 0.6) is 0 Å². The third-order valence-electron chi connectivity index (χ3n) is 6.63. The lowest BCUT2D eigenvalue weighted by atomic mass is 9.97. The first kappa shape index (κ1) is 21.6. The highest BCUT2D eigenvalue weighted by atomic mass is 16.3. The molecule has 2 aliphatic rings. The normalized spacial score (nSPS) is 16.8. The van der Waals surface area contributed by atoms with Crippen molar-refractivity contribution in [3.8, 4) is 0 Å². The second-order valence-electron chi connectivity index (χ2n) is 8.99. The van der Waals surface area contributed by atoms with Gasteiger partial charge in [0.2, 0.25) is 0 Å². The summed E-state index contributed by atoms with van der Waals surface area (Å²) in [6.45, 7) is 4.12. The van der Waals surface area contributed by atoms with Gasteiger partial charge in [0.25, 0.3) is 5.91 Å². The van der Waals surface area contributed by atoms with E-state index in [0.29, 0.717) is 26.2 Å². The Labute approximate surface area is 194 Å². The minimum absolute atomic E-state index is 0.0139. The topological polar surface area (TPSA) is 68.7 Å². The molecule has 0 unspecified atom stereocenters. The number of aliphatic hydroxyl groups excluding tert-OH is 1. The Morgan fingerprint density at radius 2 is 1.73 bits per heavy atom. The number of benzene rings is 2. The Hall–Kier alpha value is -3.22. The largest absolute Gasteiger partial charge is 0.390 e. The molecule has 2 N–H and O–H groups in total. The van der Waals surface area contributed by atoms with Crippen LogP contribution in [0.15, 0.2) is 67.0 Å². The molecular formula is C27H30N4O2. The highest BCUT2D eigenvalue weighted by Gasteiger charge is 2.27. The molecule has 0 bridgehead atoms. The molecule has 0 aliphatic carbocycles. The maximum Gasteiger partial charge on any atom is 0.254 e. The number of nitrogens with zero attached hydrogens (tertiary/aromatic N) is 3. The summed E-state index contributed by atoms with van der Waals surface area (Å²) < 4.78 is 0. The fraction of sp³-hybridized carbons (Fsp3) is 0.333. The number of β-amino-alcohol motifs (C(OH)–C–C–N with tert-alkyl or cyclic N) is 1. The van der Waals surface area contributed by atoms with E-state index in [1.807, 2.05) is 24.3 Å². The number of pyridine rings is 1. The van der Waals surface area contributed by atoms with Crippen LogP contribution < -0.4 is 5.32 Å². The molecule has 6 heteroatoms. The van der Waals surface area contributed by atoms with Crippen molar-refractivity contribution in [3.63, 3.8) is 0 Å². The monoisotopic (exact) mass is 442 g/mol.